The first-order valence-corrected chi connectivity index (χ1v) is 6.48. The molecule has 0 aliphatic heterocycles. The monoisotopic (exact) mass is 270 g/mol. The Labute approximate surface area is 118 Å². The average molecular weight is 270 g/mol. The second kappa shape index (κ2) is 6.61. The molecule has 0 radical (unpaired) electrons. The van der Waals surface area contributed by atoms with E-state index in [1.54, 1.807) is 0 Å². The Morgan fingerprint density at radius 1 is 1.00 bits per heavy atom. The van der Waals surface area contributed by atoms with Crippen molar-refractivity contribution in [2.75, 3.05) is 6.61 Å². The quantitative estimate of drug-likeness (QED) is 0.626. The first-order valence-electron chi connectivity index (χ1n) is 6.48. The number of para-hydroxylation sites is 2. The van der Waals surface area contributed by atoms with Gasteiger partial charge in [-0.2, -0.15) is 0 Å². The van der Waals surface area contributed by atoms with Gasteiger partial charge in [-0.25, -0.2) is 0 Å². The van der Waals surface area contributed by atoms with Gasteiger partial charge in [-0.3, -0.25) is 5.41 Å². The van der Waals surface area contributed by atoms with Crippen LogP contribution in [0.15, 0.2) is 48.5 Å². The van der Waals surface area contributed by atoms with Gasteiger partial charge in [0, 0.05) is 5.56 Å². The Morgan fingerprint density at radius 3 is 2.15 bits per heavy atom. The largest absolute Gasteiger partial charge is 0.490 e. The van der Waals surface area contributed by atoms with Gasteiger partial charge in [0.05, 0.1) is 6.61 Å². The van der Waals surface area contributed by atoms with Crippen molar-refractivity contribution in [1.82, 2.24) is 0 Å². The molecule has 0 bridgehead atoms. The van der Waals surface area contributed by atoms with E-state index >= 15 is 0 Å². The number of nitrogens with one attached hydrogen (secondary N) is 1. The molecule has 20 heavy (non-hydrogen) atoms. The van der Waals surface area contributed by atoms with Crippen molar-refractivity contribution in [2.24, 2.45) is 5.73 Å². The first kappa shape index (κ1) is 13.9. The summed E-state index contributed by atoms with van der Waals surface area (Å²) in [4.78, 5) is 0. The molecule has 0 unspecified atom stereocenters. The zero-order chi connectivity index (χ0) is 14.4. The lowest BCUT2D eigenvalue weighted by molar-refractivity contribution is 0.269. The minimum atomic E-state index is 0.0687. The fraction of sp³-hybridized carbons (Fsp3) is 0.188. The van der Waals surface area contributed by atoms with Gasteiger partial charge < -0.3 is 15.2 Å². The molecule has 0 aliphatic rings. The van der Waals surface area contributed by atoms with E-state index in [1.807, 2.05) is 55.5 Å². The van der Waals surface area contributed by atoms with Gasteiger partial charge in [0.15, 0.2) is 11.5 Å². The van der Waals surface area contributed by atoms with Crippen molar-refractivity contribution in [1.29, 1.82) is 5.41 Å². The maximum atomic E-state index is 7.35. The predicted molar refractivity (Wildman–Crippen MR) is 79.4 cm³/mol. The average Bonchev–Trinajstić information content (AvgIpc) is 2.47. The molecule has 4 heteroatoms. The molecule has 0 aromatic heterocycles. The van der Waals surface area contributed by atoms with Gasteiger partial charge in [-0.1, -0.05) is 36.4 Å². The molecule has 104 valence electrons. The summed E-state index contributed by atoms with van der Waals surface area (Å²) in [5.41, 5.74) is 7.14. The molecule has 0 aliphatic carbocycles. The zero-order valence-corrected chi connectivity index (χ0v) is 11.4. The number of nitrogens with two attached hydrogens (primary N) is 1. The molecule has 0 saturated heterocycles. The van der Waals surface area contributed by atoms with Crippen LogP contribution in [0.5, 0.6) is 11.5 Å². The summed E-state index contributed by atoms with van der Waals surface area (Å²) >= 11 is 0. The Bertz CT molecular complexity index is 579. The molecule has 0 heterocycles. The van der Waals surface area contributed by atoms with Crippen LogP contribution in [0.1, 0.15) is 18.1 Å². The summed E-state index contributed by atoms with van der Waals surface area (Å²) in [6.45, 7) is 2.99. The topological polar surface area (TPSA) is 68.3 Å². The molecule has 0 amide bonds. The summed E-state index contributed by atoms with van der Waals surface area (Å²) in [7, 11) is 0. The van der Waals surface area contributed by atoms with E-state index in [9.17, 15) is 0 Å². The number of hydrogen-bond donors (Lipinski definition) is 2. The highest BCUT2D eigenvalue weighted by Crippen LogP contribution is 2.27. The first-order chi connectivity index (χ1) is 9.70. The number of benzene rings is 2. The number of amidine groups is 1. The zero-order valence-electron chi connectivity index (χ0n) is 11.4. The Kier molecular flexibility index (Phi) is 4.60. The maximum Gasteiger partial charge on any atom is 0.161 e. The fourth-order valence-corrected chi connectivity index (χ4v) is 1.79. The molecule has 0 spiro atoms. The van der Waals surface area contributed by atoms with Crippen LogP contribution in [0, 0.1) is 5.41 Å². The lowest BCUT2D eigenvalue weighted by Gasteiger charge is -2.11. The van der Waals surface area contributed by atoms with Crippen LogP contribution in [-0.4, -0.2) is 12.4 Å². The normalized spacial score (nSPS) is 10.1. The van der Waals surface area contributed by atoms with Crippen molar-refractivity contribution in [3.8, 4) is 11.5 Å². The summed E-state index contributed by atoms with van der Waals surface area (Å²) in [5, 5.41) is 7.35. The summed E-state index contributed by atoms with van der Waals surface area (Å²) in [6.07, 6.45) is 0. The molecular formula is C16H18N2O2. The minimum absolute atomic E-state index is 0.0687. The molecule has 2 aromatic carbocycles. The lowest BCUT2D eigenvalue weighted by atomic mass is 10.1. The van der Waals surface area contributed by atoms with Crippen LogP contribution in [0.4, 0.5) is 0 Å². The summed E-state index contributed by atoms with van der Waals surface area (Å²) in [6, 6.07) is 15.0. The van der Waals surface area contributed by atoms with Crippen LogP contribution in [0.2, 0.25) is 0 Å². The highest BCUT2D eigenvalue weighted by Gasteiger charge is 2.04. The number of nitrogen functional groups attached to an aromatic ring is 1. The van der Waals surface area contributed by atoms with Crippen LogP contribution in [-0.2, 0) is 6.61 Å². The molecular weight excluding hydrogens is 252 g/mol. The van der Waals surface area contributed by atoms with Crippen LogP contribution in [0.3, 0.4) is 0 Å². The Balaban J connectivity index is 2.03. The van der Waals surface area contributed by atoms with Crippen molar-refractivity contribution < 1.29 is 9.47 Å². The van der Waals surface area contributed by atoms with Gasteiger partial charge in [0.25, 0.3) is 0 Å². The summed E-state index contributed by atoms with van der Waals surface area (Å²) in [5.74, 6) is 1.54. The minimum Gasteiger partial charge on any atom is -0.490 e. The molecule has 2 rings (SSSR count). The molecule has 2 aromatic rings. The number of rotatable bonds is 6. The molecule has 0 atom stereocenters. The fourth-order valence-electron chi connectivity index (χ4n) is 1.79. The van der Waals surface area contributed by atoms with E-state index < -0.39 is 0 Å². The van der Waals surface area contributed by atoms with E-state index in [0.29, 0.717) is 18.8 Å². The van der Waals surface area contributed by atoms with Crippen LogP contribution >= 0.6 is 0 Å². The standard InChI is InChI=1S/C16H18N2O2/c1-2-19-14-5-3-4-6-15(14)20-11-12-7-9-13(10-8-12)16(17)18/h3-10H,2,11H2,1H3,(H3,17,18). The number of hydrogen-bond acceptors (Lipinski definition) is 3. The Hall–Kier alpha value is -2.49. The highest BCUT2D eigenvalue weighted by atomic mass is 16.5. The molecule has 0 saturated carbocycles. The molecule has 0 fully saturated rings. The highest BCUT2D eigenvalue weighted by molar-refractivity contribution is 5.94. The van der Waals surface area contributed by atoms with E-state index in [1.165, 1.54) is 0 Å². The smallest absolute Gasteiger partial charge is 0.161 e. The number of ether oxygens (including phenoxy) is 2. The summed E-state index contributed by atoms with van der Waals surface area (Å²) < 4.78 is 11.3. The molecule has 3 N–H and O–H groups in total. The van der Waals surface area contributed by atoms with Gasteiger partial charge in [0.2, 0.25) is 0 Å². The third-order valence-corrected chi connectivity index (χ3v) is 2.81. The maximum absolute atomic E-state index is 7.35. The molecule has 4 nitrogen and oxygen atoms in total. The van der Waals surface area contributed by atoms with Gasteiger partial charge in [0.1, 0.15) is 12.4 Å². The van der Waals surface area contributed by atoms with Gasteiger partial charge in [-0.05, 0) is 24.6 Å². The van der Waals surface area contributed by atoms with Crippen LogP contribution < -0.4 is 15.2 Å². The van der Waals surface area contributed by atoms with E-state index in [4.69, 9.17) is 20.6 Å². The van der Waals surface area contributed by atoms with Crippen molar-refractivity contribution in [3.05, 3.63) is 59.7 Å². The van der Waals surface area contributed by atoms with E-state index in [2.05, 4.69) is 0 Å². The third kappa shape index (κ3) is 3.51. The van der Waals surface area contributed by atoms with Crippen molar-refractivity contribution >= 4 is 5.84 Å². The predicted octanol–water partition coefficient (Wildman–Crippen LogP) is 2.95. The lowest BCUT2D eigenvalue weighted by Crippen LogP contribution is -2.10. The van der Waals surface area contributed by atoms with Gasteiger partial charge in [-0.15, -0.1) is 0 Å². The second-order valence-electron chi connectivity index (χ2n) is 4.28. The van der Waals surface area contributed by atoms with Crippen molar-refractivity contribution in [3.63, 3.8) is 0 Å². The van der Waals surface area contributed by atoms with E-state index in [0.717, 1.165) is 17.1 Å². The SMILES string of the molecule is CCOc1ccccc1OCc1ccc(C(=N)N)cc1. The Morgan fingerprint density at radius 2 is 1.60 bits per heavy atom. The second-order valence-corrected chi connectivity index (χ2v) is 4.28. The van der Waals surface area contributed by atoms with Crippen molar-refractivity contribution in [2.45, 2.75) is 13.5 Å². The van der Waals surface area contributed by atoms with Crippen LogP contribution in [0.25, 0.3) is 0 Å². The third-order valence-electron chi connectivity index (χ3n) is 2.81. The van der Waals surface area contributed by atoms with E-state index in [-0.39, 0.29) is 5.84 Å². The van der Waals surface area contributed by atoms with Gasteiger partial charge >= 0.3 is 0 Å².